The van der Waals surface area contributed by atoms with E-state index in [1.165, 1.54) is 307 Å². The number of hydrogen-bond donors (Lipinski definition) is 0. The molecular weight excluding hydrogens is 725 g/mol. The first-order valence-corrected chi connectivity index (χ1v) is 32.1. The fraction of sp³-hybridized carbons (Fsp3) is 1.00. The lowest BCUT2D eigenvalue weighted by Crippen LogP contribution is -2.10. The molecule has 344 valence electrons. The van der Waals surface area contributed by atoms with Gasteiger partial charge >= 0.3 is 0 Å². The number of rotatable bonds is 48. The van der Waals surface area contributed by atoms with Gasteiger partial charge in [-0.25, -0.2) is 0 Å². The highest BCUT2D eigenvalue weighted by atomic mass is 31.2. The lowest BCUT2D eigenvalue weighted by atomic mass is 10.1. The summed E-state index contributed by atoms with van der Waals surface area (Å²) in [6.07, 6.45) is 70.2. The molecular formula is C54H114NP2+. The van der Waals surface area contributed by atoms with E-state index in [-0.39, 0.29) is 0 Å². The maximum absolute atomic E-state index is 6.84. The molecule has 0 aliphatic heterocycles. The molecule has 0 aliphatic rings. The standard InChI is InChI=1S/C54H114NP2/c1-7-13-19-25-31-37-43-49-56(50-44-38-32-26-20-14-8-2,51-45-39-33-27-21-15-9-3)55-57(52-46-40-34-28-22-16-10-4,53-47-41-35-29-23-17-11-5)54-48-42-36-30-24-18-12-6/h7-54H2,1-6H3/q+1. The van der Waals surface area contributed by atoms with Crippen molar-refractivity contribution in [3.8, 4) is 0 Å². The summed E-state index contributed by atoms with van der Waals surface area (Å²) in [6, 6.07) is 0. The lowest BCUT2D eigenvalue weighted by molar-refractivity contribution is 0.595. The molecule has 1 nitrogen and oxygen atoms in total. The van der Waals surface area contributed by atoms with Crippen LogP contribution in [-0.2, 0) is 0 Å². The number of nitrogens with zero attached hydrogens (tertiary/aromatic N) is 1. The van der Waals surface area contributed by atoms with Crippen LogP contribution in [0.25, 0.3) is 0 Å². The zero-order valence-electron chi connectivity index (χ0n) is 41.3. The number of hydrogen-bond acceptors (Lipinski definition) is 0. The van der Waals surface area contributed by atoms with Gasteiger partial charge < -0.3 is 0 Å². The third-order valence-electron chi connectivity index (χ3n) is 13.4. The smallest absolute Gasteiger partial charge is 0.176 e. The summed E-state index contributed by atoms with van der Waals surface area (Å²) in [5.74, 6) is 0. The molecule has 0 aromatic heterocycles. The predicted molar refractivity (Wildman–Crippen MR) is 273 cm³/mol. The second-order valence-electron chi connectivity index (χ2n) is 19.3. The Morgan fingerprint density at radius 1 is 0.175 bits per heavy atom. The van der Waals surface area contributed by atoms with Crippen LogP contribution in [0.2, 0.25) is 0 Å². The minimum absolute atomic E-state index is 1.34. The Morgan fingerprint density at radius 3 is 0.439 bits per heavy atom. The van der Waals surface area contributed by atoms with Crippen LogP contribution in [-0.4, -0.2) is 37.0 Å². The van der Waals surface area contributed by atoms with Gasteiger partial charge in [0.2, 0.25) is 14.1 Å². The van der Waals surface area contributed by atoms with E-state index in [9.17, 15) is 0 Å². The van der Waals surface area contributed by atoms with Crippen LogP contribution in [0.1, 0.15) is 311 Å². The highest BCUT2D eigenvalue weighted by Gasteiger charge is 2.35. The Labute approximate surface area is 365 Å². The zero-order chi connectivity index (χ0) is 41.6. The molecule has 0 heterocycles. The molecule has 3 heteroatoms. The largest absolute Gasteiger partial charge is 0.216 e. The minimum Gasteiger partial charge on any atom is -0.176 e. The zero-order valence-corrected chi connectivity index (χ0v) is 43.1. The summed E-state index contributed by atoms with van der Waals surface area (Å²) in [5, 5.41) is 0. The molecule has 0 aliphatic carbocycles. The van der Waals surface area contributed by atoms with Crippen molar-refractivity contribution in [1.82, 2.24) is 4.17 Å². The fourth-order valence-corrected chi connectivity index (χ4v) is 21.1. The third kappa shape index (κ3) is 38.0. The normalized spacial score (nSPS) is 12.2. The van der Waals surface area contributed by atoms with Gasteiger partial charge in [-0.2, -0.15) is 4.17 Å². The van der Waals surface area contributed by atoms with Gasteiger partial charge in [0, 0.05) is 37.0 Å². The molecule has 0 unspecified atom stereocenters. The van der Waals surface area contributed by atoms with E-state index in [4.69, 9.17) is 4.17 Å². The van der Waals surface area contributed by atoms with Crippen molar-refractivity contribution in [2.75, 3.05) is 37.0 Å². The van der Waals surface area contributed by atoms with E-state index in [0.717, 1.165) is 0 Å². The van der Waals surface area contributed by atoms with E-state index in [2.05, 4.69) is 41.5 Å². The molecule has 0 N–H and O–H groups in total. The van der Waals surface area contributed by atoms with Crippen molar-refractivity contribution in [2.45, 2.75) is 311 Å². The Hall–Kier alpha value is 0.570. The van der Waals surface area contributed by atoms with Gasteiger partial charge in [-0.3, -0.25) is 0 Å². The molecule has 0 radical (unpaired) electrons. The van der Waals surface area contributed by atoms with E-state index < -0.39 is 14.1 Å². The Bertz CT molecular complexity index is 716. The molecule has 0 aromatic carbocycles. The first-order chi connectivity index (χ1) is 28.1. The van der Waals surface area contributed by atoms with Crippen molar-refractivity contribution >= 4 is 14.1 Å². The first kappa shape index (κ1) is 57.6. The third-order valence-corrected chi connectivity index (χ3v) is 23.4. The van der Waals surface area contributed by atoms with Gasteiger partial charge in [0.05, 0.1) is 0 Å². The summed E-state index contributed by atoms with van der Waals surface area (Å²) in [7, 11) is -2.68. The average Bonchev–Trinajstić information content (AvgIpc) is 3.21. The second kappa shape index (κ2) is 46.1. The van der Waals surface area contributed by atoms with Gasteiger partial charge in [-0.15, -0.1) is 0 Å². The molecule has 0 atom stereocenters. The fourth-order valence-electron chi connectivity index (χ4n) is 9.52. The molecule has 0 fully saturated rings. The highest BCUT2D eigenvalue weighted by Crippen LogP contribution is 2.56. The first-order valence-electron chi connectivity index (χ1n) is 27.5. The molecule has 0 bridgehead atoms. The maximum atomic E-state index is 6.84. The summed E-state index contributed by atoms with van der Waals surface area (Å²) in [4.78, 5) is 0. The van der Waals surface area contributed by atoms with Crippen LogP contribution >= 0.6 is 14.1 Å². The maximum Gasteiger partial charge on any atom is 0.216 e. The molecule has 0 saturated heterocycles. The molecule has 57 heavy (non-hydrogen) atoms. The Morgan fingerprint density at radius 2 is 0.298 bits per heavy atom. The predicted octanol–water partition coefficient (Wildman–Crippen LogP) is 21.0. The Kier molecular flexibility index (Phi) is 46.5. The lowest BCUT2D eigenvalue weighted by Gasteiger charge is -2.20. The molecule has 0 rings (SSSR count). The molecule has 0 spiro atoms. The van der Waals surface area contributed by atoms with Crippen molar-refractivity contribution in [1.29, 1.82) is 0 Å². The minimum atomic E-state index is -1.34. The summed E-state index contributed by atoms with van der Waals surface area (Å²) in [5.41, 5.74) is 0. The van der Waals surface area contributed by atoms with Crippen LogP contribution in [0.15, 0.2) is 0 Å². The van der Waals surface area contributed by atoms with E-state index in [1.54, 1.807) is 0 Å². The van der Waals surface area contributed by atoms with Gasteiger partial charge in [0.25, 0.3) is 0 Å². The van der Waals surface area contributed by atoms with Crippen molar-refractivity contribution in [3.05, 3.63) is 0 Å². The average molecular weight is 839 g/mol. The van der Waals surface area contributed by atoms with Crippen LogP contribution in [0, 0.1) is 0 Å². The van der Waals surface area contributed by atoms with Crippen LogP contribution in [0.4, 0.5) is 0 Å². The number of unbranched alkanes of at least 4 members (excludes halogenated alkanes) is 36. The van der Waals surface area contributed by atoms with Crippen molar-refractivity contribution < 1.29 is 0 Å². The topological polar surface area (TPSA) is 14.1 Å². The van der Waals surface area contributed by atoms with Crippen LogP contribution < -0.4 is 4.17 Å². The summed E-state index contributed by atoms with van der Waals surface area (Å²) < 4.78 is 6.84. The van der Waals surface area contributed by atoms with Gasteiger partial charge in [0.15, 0.2) is 0 Å². The quantitative estimate of drug-likeness (QED) is 0.0329. The molecule has 0 saturated carbocycles. The summed E-state index contributed by atoms with van der Waals surface area (Å²) in [6.45, 7) is 14.2. The monoisotopic (exact) mass is 839 g/mol. The van der Waals surface area contributed by atoms with Gasteiger partial charge in [0.1, 0.15) is 0 Å². The SMILES string of the molecule is CCCCCCCCCP(CCCCCCCCC)(CCCCCCCCC)=[N+]=P(CCCCCCCCC)(CCCCCCCCC)CCCCCCCCC. The van der Waals surface area contributed by atoms with Gasteiger partial charge in [-0.05, 0) is 38.5 Å². The van der Waals surface area contributed by atoms with Crippen molar-refractivity contribution in [3.63, 3.8) is 0 Å². The molecule has 0 amide bonds. The van der Waals surface area contributed by atoms with Crippen molar-refractivity contribution in [2.24, 2.45) is 0 Å². The second-order valence-corrected chi connectivity index (χ2v) is 27.1. The van der Waals surface area contributed by atoms with Crippen LogP contribution in [0.5, 0.6) is 0 Å². The van der Waals surface area contributed by atoms with E-state index in [1.807, 2.05) is 0 Å². The highest BCUT2D eigenvalue weighted by molar-refractivity contribution is 7.73. The summed E-state index contributed by atoms with van der Waals surface area (Å²) >= 11 is 0. The van der Waals surface area contributed by atoms with E-state index >= 15 is 0 Å². The molecule has 0 aromatic rings. The van der Waals surface area contributed by atoms with Crippen LogP contribution in [0.3, 0.4) is 0 Å². The van der Waals surface area contributed by atoms with Gasteiger partial charge in [-0.1, -0.05) is 273 Å². The Balaban J connectivity index is 6.87. The van der Waals surface area contributed by atoms with E-state index in [0.29, 0.717) is 0 Å².